The zero-order valence-electron chi connectivity index (χ0n) is 13.1. The number of hydrogen-bond acceptors (Lipinski definition) is 3. The van der Waals surface area contributed by atoms with Crippen LogP contribution >= 0.6 is 0 Å². The molecule has 1 saturated heterocycles. The quantitative estimate of drug-likeness (QED) is 0.749. The molecule has 0 bridgehead atoms. The maximum atomic E-state index is 12.1. The molecule has 1 aliphatic heterocycles. The lowest BCUT2D eigenvalue weighted by atomic mass is 10.2. The fraction of sp³-hybridized carbons (Fsp3) is 0.588. The Balaban J connectivity index is 1.62. The van der Waals surface area contributed by atoms with Crippen LogP contribution in [0.5, 0.6) is 0 Å². The summed E-state index contributed by atoms with van der Waals surface area (Å²) in [7, 11) is 0. The summed E-state index contributed by atoms with van der Waals surface area (Å²) in [4.78, 5) is 16.4. The van der Waals surface area contributed by atoms with Gasteiger partial charge in [-0.25, -0.2) is 0 Å². The van der Waals surface area contributed by atoms with Crippen molar-refractivity contribution in [2.75, 3.05) is 39.4 Å². The van der Waals surface area contributed by atoms with Gasteiger partial charge in [-0.05, 0) is 25.8 Å². The molecule has 0 radical (unpaired) electrons. The third-order valence-corrected chi connectivity index (χ3v) is 4.00. The van der Waals surface area contributed by atoms with Gasteiger partial charge in [-0.1, -0.05) is 30.3 Å². The number of hydrogen-bond donors (Lipinski definition) is 0. The molecule has 116 valence electrons. The zero-order chi connectivity index (χ0) is 15.1. The molecule has 1 aromatic carbocycles. The fourth-order valence-corrected chi connectivity index (χ4v) is 2.57. The Labute approximate surface area is 127 Å². The van der Waals surface area contributed by atoms with Crippen LogP contribution in [-0.4, -0.2) is 61.1 Å². The molecule has 1 heterocycles. The molecule has 4 heteroatoms. The van der Waals surface area contributed by atoms with Crippen LogP contribution in [-0.2, 0) is 16.0 Å². The van der Waals surface area contributed by atoms with Crippen LogP contribution in [0.2, 0.25) is 0 Å². The van der Waals surface area contributed by atoms with E-state index in [1.807, 2.05) is 23.1 Å². The van der Waals surface area contributed by atoms with Crippen molar-refractivity contribution in [3.8, 4) is 0 Å². The van der Waals surface area contributed by atoms with Gasteiger partial charge in [0.15, 0.2) is 0 Å². The summed E-state index contributed by atoms with van der Waals surface area (Å²) in [6, 6.07) is 10.8. The lowest BCUT2D eigenvalue weighted by Gasteiger charge is -2.36. The van der Waals surface area contributed by atoms with E-state index in [0.717, 1.165) is 32.6 Å². The molecule has 0 N–H and O–H groups in total. The Kier molecular flexibility index (Phi) is 6.21. The van der Waals surface area contributed by atoms with E-state index in [9.17, 15) is 4.79 Å². The van der Waals surface area contributed by atoms with Crippen molar-refractivity contribution in [3.63, 3.8) is 0 Å². The monoisotopic (exact) mass is 290 g/mol. The molecule has 2 rings (SSSR count). The maximum absolute atomic E-state index is 12.1. The van der Waals surface area contributed by atoms with Crippen LogP contribution in [0.15, 0.2) is 30.3 Å². The minimum absolute atomic E-state index is 0.117. The summed E-state index contributed by atoms with van der Waals surface area (Å²) < 4.78 is 5.52. The topological polar surface area (TPSA) is 32.8 Å². The van der Waals surface area contributed by atoms with Crippen LogP contribution in [0.3, 0.4) is 0 Å². The molecule has 1 amide bonds. The van der Waals surface area contributed by atoms with Gasteiger partial charge in [-0.2, -0.15) is 0 Å². The number of benzene rings is 1. The molecule has 0 unspecified atom stereocenters. The fourth-order valence-electron chi connectivity index (χ4n) is 2.57. The average molecular weight is 290 g/mol. The Bertz CT molecular complexity index is 426. The van der Waals surface area contributed by atoms with Crippen LogP contribution in [0.1, 0.15) is 19.4 Å². The highest BCUT2D eigenvalue weighted by Gasteiger charge is 2.22. The first-order valence-electron chi connectivity index (χ1n) is 7.80. The van der Waals surface area contributed by atoms with Crippen molar-refractivity contribution in [2.24, 2.45) is 0 Å². The Morgan fingerprint density at radius 3 is 2.43 bits per heavy atom. The molecule has 0 aromatic heterocycles. The standard InChI is InChI=1S/C17H26N2O2/c1-15(2)18-9-11-19(12-10-18)17(20)14-21-13-8-16-6-4-3-5-7-16/h3-7,15H,8-14H2,1-2H3. The summed E-state index contributed by atoms with van der Waals surface area (Å²) in [5, 5.41) is 0. The maximum Gasteiger partial charge on any atom is 0.248 e. The SMILES string of the molecule is CC(C)N1CCN(C(=O)COCCc2ccccc2)CC1. The number of piperazine rings is 1. The summed E-state index contributed by atoms with van der Waals surface area (Å²) in [6.07, 6.45) is 0.856. The second-order valence-corrected chi connectivity index (χ2v) is 5.80. The second-order valence-electron chi connectivity index (χ2n) is 5.80. The second kappa shape index (κ2) is 8.15. The van der Waals surface area contributed by atoms with Gasteiger partial charge >= 0.3 is 0 Å². The van der Waals surface area contributed by atoms with Crippen molar-refractivity contribution in [3.05, 3.63) is 35.9 Å². The molecule has 21 heavy (non-hydrogen) atoms. The number of rotatable bonds is 6. The number of ether oxygens (including phenoxy) is 1. The van der Waals surface area contributed by atoms with Gasteiger partial charge < -0.3 is 9.64 Å². The molecular formula is C17H26N2O2. The van der Waals surface area contributed by atoms with E-state index < -0.39 is 0 Å². The first-order valence-corrected chi connectivity index (χ1v) is 7.80. The highest BCUT2D eigenvalue weighted by molar-refractivity contribution is 5.77. The van der Waals surface area contributed by atoms with Crippen molar-refractivity contribution in [2.45, 2.75) is 26.3 Å². The average Bonchev–Trinajstić information content (AvgIpc) is 2.52. The number of carbonyl (C=O) groups excluding carboxylic acids is 1. The zero-order valence-corrected chi connectivity index (χ0v) is 13.1. The highest BCUT2D eigenvalue weighted by atomic mass is 16.5. The number of amides is 1. The van der Waals surface area contributed by atoms with Gasteiger partial charge in [0.05, 0.1) is 6.61 Å². The van der Waals surface area contributed by atoms with E-state index in [0.29, 0.717) is 12.6 Å². The third kappa shape index (κ3) is 5.14. The molecule has 0 atom stereocenters. The molecule has 1 aromatic rings. The predicted octanol–water partition coefficient (Wildman–Crippen LogP) is 1.80. The summed E-state index contributed by atoms with van der Waals surface area (Å²) in [6.45, 7) is 8.77. The van der Waals surface area contributed by atoms with E-state index in [1.54, 1.807) is 0 Å². The molecule has 1 fully saturated rings. The minimum Gasteiger partial charge on any atom is -0.371 e. The third-order valence-electron chi connectivity index (χ3n) is 4.00. The number of carbonyl (C=O) groups is 1. The molecule has 4 nitrogen and oxygen atoms in total. The Hall–Kier alpha value is -1.39. The minimum atomic E-state index is 0.117. The van der Waals surface area contributed by atoms with E-state index >= 15 is 0 Å². The first-order chi connectivity index (χ1) is 10.2. The van der Waals surface area contributed by atoms with Crippen molar-refractivity contribution < 1.29 is 9.53 Å². The van der Waals surface area contributed by atoms with Gasteiger partial charge in [0.1, 0.15) is 6.61 Å². The van der Waals surface area contributed by atoms with E-state index in [2.05, 4.69) is 30.9 Å². The summed E-state index contributed by atoms with van der Waals surface area (Å²) in [5.74, 6) is 0.117. The van der Waals surface area contributed by atoms with Crippen molar-refractivity contribution in [1.29, 1.82) is 0 Å². The Morgan fingerprint density at radius 2 is 1.81 bits per heavy atom. The van der Waals surface area contributed by atoms with E-state index in [1.165, 1.54) is 5.56 Å². The number of nitrogens with zero attached hydrogens (tertiary/aromatic N) is 2. The van der Waals surface area contributed by atoms with Gasteiger partial charge in [0.25, 0.3) is 0 Å². The molecule has 0 saturated carbocycles. The highest BCUT2D eigenvalue weighted by Crippen LogP contribution is 2.06. The summed E-state index contributed by atoms with van der Waals surface area (Å²) in [5.41, 5.74) is 1.25. The van der Waals surface area contributed by atoms with Crippen molar-refractivity contribution >= 4 is 5.91 Å². The van der Waals surface area contributed by atoms with Gasteiger partial charge in [-0.15, -0.1) is 0 Å². The summed E-state index contributed by atoms with van der Waals surface area (Å²) >= 11 is 0. The normalized spacial score (nSPS) is 16.4. The lowest BCUT2D eigenvalue weighted by Crippen LogP contribution is -2.51. The molecule has 0 aliphatic carbocycles. The first kappa shape index (κ1) is 16.0. The van der Waals surface area contributed by atoms with Crippen LogP contribution in [0.25, 0.3) is 0 Å². The van der Waals surface area contributed by atoms with E-state index in [4.69, 9.17) is 4.74 Å². The Morgan fingerprint density at radius 1 is 1.14 bits per heavy atom. The van der Waals surface area contributed by atoms with Crippen molar-refractivity contribution in [1.82, 2.24) is 9.80 Å². The largest absolute Gasteiger partial charge is 0.371 e. The predicted molar refractivity (Wildman–Crippen MR) is 84.3 cm³/mol. The van der Waals surface area contributed by atoms with Gasteiger partial charge in [-0.3, -0.25) is 9.69 Å². The van der Waals surface area contributed by atoms with Gasteiger partial charge in [0, 0.05) is 32.2 Å². The molecule has 0 spiro atoms. The van der Waals surface area contributed by atoms with Crippen LogP contribution in [0.4, 0.5) is 0 Å². The lowest BCUT2D eigenvalue weighted by molar-refractivity contribution is -0.138. The van der Waals surface area contributed by atoms with E-state index in [-0.39, 0.29) is 12.5 Å². The van der Waals surface area contributed by atoms with Gasteiger partial charge in [0.2, 0.25) is 5.91 Å². The molecule has 1 aliphatic rings. The van der Waals surface area contributed by atoms with Crippen LogP contribution in [0, 0.1) is 0 Å². The molecular weight excluding hydrogens is 264 g/mol. The van der Waals surface area contributed by atoms with Crippen LogP contribution < -0.4 is 0 Å². The smallest absolute Gasteiger partial charge is 0.248 e.